The van der Waals surface area contributed by atoms with Crippen molar-refractivity contribution in [2.45, 2.75) is 39.2 Å². The van der Waals surface area contributed by atoms with E-state index in [1.807, 2.05) is 12.1 Å². The number of carboxylic acid groups (broad SMARTS) is 1. The lowest BCUT2D eigenvalue weighted by Crippen LogP contribution is -2.39. The Hall–Kier alpha value is -0.880. The molecular formula is C13H18BrNO3S. The molecule has 4 nitrogen and oxygen atoms in total. The predicted molar refractivity (Wildman–Crippen MR) is 79.4 cm³/mol. The summed E-state index contributed by atoms with van der Waals surface area (Å²) in [6.07, 6.45) is 2.06. The Balaban J connectivity index is 2.26. The zero-order valence-electron chi connectivity index (χ0n) is 11.0. The molecule has 2 N–H and O–H groups in total. The minimum absolute atomic E-state index is 0.0868. The first-order valence-electron chi connectivity index (χ1n) is 6.16. The summed E-state index contributed by atoms with van der Waals surface area (Å²) in [7, 11) is 0. The van der Waals surface area contributed by atoms with Gasteiger partial charge in [-0.05, 0) is 54.8 Å². The quantitative estimate of drug-likeness (QED) is 0.796. The number of carbonyl (C=O) groups excluding carboxylic acids is 1. The van der Waals surface area contributed by atoms with Gasteiger partial charge in [-0.25, -0.2) is 0 Å². The first-order valence-corrected chi connectivity index (χ1v) is 7.77. The predicted octanol–water partition coefficient (Wildman–Crippen LogP) is 3.06. The molecule has 2 unspecified atom stereocenters. The number of hydrogen-bond acceptors (Lipinski definition) is 3. The van der Waals surface area contributed by atoms with Gasteiger partial charge in [0.15, 0.2) is 0 Å². The van der Waals surface area contributed by atoms with E-state index in [0.29, 0.717) is 6.42 Å². The molecule has 0 radical (unpaired) electrons. The van der Waals surface area contributed by atoms with Gasteiger partial charge in [0.25, 0.3) is 0 Å². The van der Waals surface area contributed by atoms with Crippen LogP contribution in [0.5, 0.6) is 0 Å². The topological polar surface area (TPSA) is 66.4 Å². The van der Waals surface area contributed by atoms with E-state index >= 15 is 0 Å². The fourth-order valence-corrected chi connectivity index (χ4v) is 3.10. The molecule has 0 bridgehead atoms. The van der Waals surface area contributed by atoms with E-state index in [9.17, 15) is 9.59 Å². The molecule has 1 aromatic heterocycles. The fraction of sp³-hybridized carbons (Fsp3) is 0.538. The molecule has 0 aliphatic carbocycles. The lowest BCUT2D eigenvalue weighted by Gasteiger charge is -2.17. The molecule has 19 heavy (non-hydrogen) atoms. The molecule has 0 aliphatic heterocycles. The van der Waals surface area contributed by atoms with Gasteiger partial charge < -0.3 is 10.4 Å². The second-order valence-electron chi connectivity index (χ2n) is 4.54. The minimum atomic E-state index is -0.892. The highest BCUT2D eigenvalue weighted by molar-refractivity contribution is 9.11. The average Bonchev–Trinajstić information content (AvgIpc) is 2.73. The highest BCUT2D eigenvalue weighted by atomic mass is 79.9. The number of aryl methyl sites for hydroxylation is 1. The molecule has 1 rings (SSSR count). The van der Waals surface area contributed by atoms with Crippen molar-refractivity contribution in [2.75, 3.05) is 0 Å². The Morgan fingerprint density at radius 3 is 2.63 bits per heavy atom. The van der Waals surface area contributed by atoms with Crippen LogP contribution in [-0.2, 0) is 16.0 Å². The van der Waals surface area contributed by atoms with E-state index in [1.54, 1.807) is 25.2 Å². The Labute approximate surface area is 125 Å². The van der Waals surface area contributed by atoms with Crippen LogP contribution in [0.2, 0.25) is 0 Å². The van der Waals surface area contributed by atoms with E-state index in [-0.39, 0.29) is 11.9 Å². The average molecular weight is 348 g/mol. The summed E-state index contributed by atoms with van der Waals surface area (Å²) >= 11 is 5.07. The summed E-state index contributed by atoms with van der Waals surface area (Å²) in [5.74, 6) is -1.55. The van der Waals surface area contributed by atoms with Gasteiger partial charge in [0, 0.05) is 17.3 Å². The van der Waals surface area contributed by atoms with Crippen LogP contribution in [0.4, 0.5) is 0 Å². The van der Waals surface area contributed by atoms with Gasteiger partial charge in [0.05, 0.1) is 9.70 Å². The third-order valence-corrected chi connectivity index (χ3v) is 4.67. The Kier molecular flexibility index (Phi) is 6.51. The monoisotopic (exact) mass is 347 g/mol. The summed E-state index contributed by atoms with van der Waals surface area (Å²) in [6, 6.07) is 3.69. The Morgan fingerprint density at radius 2 is 2.11 bits per heavy atom. The van der Waals surface area contributed by atoms with Gasteiger partial charge >= 0.3 is 5.97 Å². The fourth-order valence-electron chi connectivity index (χ4n) is 1.57. The molecule has 106 valence electrons. The van der Waals surface area contributed by atoms with E-state index in [0.717, 1.165) is 16.6 Å². The molecule has 0 spiro atoms. The van der Waals surface area contributed by atoms with Gasteiger partial charge in [-0.1, -0.05) is 0 Å². The van der Waals surface area contributed by atoms with Crippen molar-refractivity contribution in [1.29, 1.82) is 0 Å². The van der Waals surface area contributed by atoms with Gasteiger partial charge in [0.2, 0.25) is 5.91 Å². The van der Waals surface area contributed by atoms with Crippen LogP contribution in [0.25, 0.3) is 0 Å². The third kappa shape index (κ3) is 5.74. The normalized spacial score (nSPS) is 13.8. The first kappa shape index (κ1) is 16.2. The molecule has 6 heteroatoms. The van der Waals surface area contributed by atoms with Crippen LogP contribution >= 0.6 is 27.3 Å². The second kappa shape index (κ2) is 7.65. The van der Waals surface area contributed by atoms with Gasteiger partial charge in [0.1, 0.15) is 0 Å². The molecule has 0 aliphatic rings. The van der Waals surface area contributed by atoms with Crippen molar-refractivity contribution in [3.63, 3.8) is 0 Å². The SMILES string of the molecule is CC(NC(=O)CCCc1ccc(Br)s1)C(C)C(=O)O. The van der Waals surface area contributed by atoms with Crippen LogP contribution in [0, 0.1) is 5.92 Å². The van der Waals surface area contributed by atoms with Crippen molar-refractivity contribution < 1.29 is 14.7 Å². The molecule has 0 fully saturated rings. The smallest absolute Gasteiger partial charge is 0.308 e. The zero-order valence-corrected chi connectivity index (χ0v) is 13.4. The lowest BCUT2D eigenvalue weighted by molar-refractivity contribution is -0.142. The maximum Gasteiger partial charge on any atom is 0.308 e. The largest absolute Gasteiger partial charge is 0.481 e. The molecule has 2 atom stereocenters. The van der Waals surface area contributed by atoms with Crippen LogP contribution in [0.1, 0.15) is 31.6 Å². The third-order valence-electron chi connectivity index (χ3n) is 2.98. The van der Waals surface area contributed by atoms with Crippen molar-refractivity contribution in [3.8, 4) is 0 Å². The molecule has 1 aromatic rings. The highest BCUT2D eigenvalue weighted by Crippen LogP contribution is 2.23. The van der Waals surface area contributed by atoms with Gasteiger partial charge in [-0.2, -0.15) is 0 Å². The zero-order chi connectivity index (χ0) is 14.4. The number of carbonyl (C=O) groups is 2. The minimum Gasteiger partial charge on any atom is -0.481 e. The van der Waals surface area contributed by atoms with Crippen LogP contribution in [-0.4, -0.2) is 23.0 Å². The van der Waals surface area contributed by atoms with Crippen LogP contribution in [0.15, 0.2) is 15.9 Å². The maximum absolute atomic E-state index is 11.7. The number of amides is 1. The summed E-state index contributed by atoms with van der Waals surface area (Å²) in [5.41, 5.74) is 0. The molecule has 0 aromatic carbocycles. The number of thiophene rings is 1. The Morgan fingerprint density at radius 1 is 1.42 bits per heavy atom. The molecular weight excluding hydrogens is 330 g/mol. The summed E-state index contributed by atoms with van der Waals surface area (Å²) in [4.78, 5) is 23.7. The number of hydrogen-bond donors (Lipinski definition) is 2. The molecule has 1 heterocycles. The van der Waals surface area contributed by atoms with E-state index < -0.39 is 11.9 Å². The lowest BCUT2D eigenvalue weighted by atomic mass is 10.0. The first-order chi connectivity index (χ1) is 8.90. The molecule has 0 saturated carbocycles. The van der Waals surface area contributed by atoms with E-state index in [2.05, 4.69) is 21.2 Å². The van der Waals surface area contributed by atoms with Gasteiger partial charge in [-0.3, -0.25) is 9.59 Å². The summed E-state index contributed by atoms with van der Waals surface area (Å²) in [6.45, 7) is 3.31. The standard InChI is InChI=1S/C13H18BrNO3S/c1-8(13(17)18)9(2)15-12(16)5-3-4-10-6-7-11(14)19-10/h6-9H,3-5H2,1-2H3,(H,15,16)(H,17,18). The highest BCUT2D eigenvalue weighted by Gasteiger charge is 2.20. The van der Waals surface area contributed by atoms with E-state index in [4.69, 9.17) is 5.11 Å². The summed E-state index contributed by atoms with van der Waals surface area (Å²) in [5, 5.41) is 11.6. The van der Waals surface area contributed by atoms with Crippen molar-refractivity contribution in [1.82, 2.24) is 5.32 Å². The number of aliphatic carboxylic acids is 1. The van der Waals surface area contributed by atoms with E-state index in [1.165, 1.54) is 4.88 Å². The summed E-state index contributed by atoms with van der Waals surface area (Å²) < 4.78 is 1.09. The number of rotatable bonds is 7. The van der Waals surface area contributed by atoms with Gasteiger partial charge in [-0.15, -0.1) is 11.3 Å². The van der Waals surface area contributed by atoms with Crippen molar-refractivity contribution >= 4 is 39.1 Å². The number of nitrogens with one attached hydrogen (secondary N) is 1. The number of carboxylic acids is 1. The van der Waals surface area contributed by atoms with Crippen molar-refractivity contribution in [2.24, 2.45) is 5.92 Å². The van der Waals surface area contributed by atoms with Crippen molar-refractivity contribution in [3.05, 3.63) is 20.8 Å². The maximum atomic E-state index is 11.7. The van der Waals surface area contributed by atoms with Crippen LogP contribution in [0.3, 0.4) is 0 Å². The second-order valence-corrected chi connectivity index (χ2v) is 7.09. The molecule has 0 saturated heterocycles. The number of halogens is 1. The Bertz CT molecular complexity index is 447. The molecule has 1 amide bonds. The van der Waals surface area contributed by atoms with Crippen LogP contribution < -0.4 is 5.32 Å².